The molecule has 122 valence electrons. The third kappa shape index (κ3) is 4.74. The Morgan fingerprint density at radius 1 is 1.17 bits per heavy atom. The summed E-state index contributed by atoms with van der Waals surface area (Å²) in [6, 6.07) is 7.21. The van der Waals surface area contributed by atoms with E-state index in [9.17, 15) is 18.0 Å². The van der Waals surface area contributed by atoms with Crippen LogP contribution in [0.4, 0.5) is 13.2 Å². The number of allylic oxidation sites excluding steroid dienone is 3. The molecule has 1 heterocycles. The van der Waals surface area contributed by atoms with Gasteiger partial charge in [-0.2, -0.15) is 13.2 Å². The van der Waals surface area contributed by atoms with E-state index in [1.54, 1.807) is 18.2 Å². The highest BCUT2D eigenvalue weighted by Gasteiger charge is 2.34. The largest absolute Gasteiger partial charge is 0.496 e. The number of rotatable bonds is 1. The van der Waals surface area contributed by atoms with Gasteiger partial charge in [0.05, 0.1) is 11.8 Å². The van der Waals surface area contributed by atoms with E-state index in [0.29, 0.717) is 12.0 Å². The third-order valence-electron chi connectivity index (χ3n) is 3.40. The third-order valence-corrected chi connectivity index (χ3v) is 3.40. The Kier molecular flexibility index (Phi) is 5.26. The zero-order valence-electron chi connectivity index (χ0n) is 12.1. The molecule has 0 spiro atoms. The van der Waals surface area contributed by atoms with Gasteiger partial charge in [0.25, 0.3) is 0 Å². The number of hydrogen-bond acceptors (Lipinski definition) is 2. The number of halogens is 3. The number of benzene rings is 1. The van der Waals surface area contributed by atoms with Crippen LogP contribution in [0.5, 0.6) is 0 Å². The fourth-order valence-corrected chi connectivity index (χ4v) is 2.19. The number of aryl methyl sites for hydroxylation is 1. The minimum Gasteiger partial charge on any atom is -0.496 e. The summed E-state index contributed by atoms with van der Waals surface area (Å²) in [5, 5.41) is 8.36. The lowest BCUT2D eigenvalue weighted by molar-refractivity contribution is -0.133. The van der Waals surface area contributed by atoms with Crippen molar-refractivity contribution in [3.05, 3.63) is 65.0 Å². The van der Waals surface area contributed by atoms with Crippen molar-refractivity contribution in [3.8, 4) is 0 Å². The zero-order chi connectivity index (χ0) is 16.9. The van der Waals surface area contributed by atoms with Gasteiger partial charge in [-0.1, -0.05) is 24.3 Å². The second-order valence-corrected chi connectivity index (χ2v) is 5.00. The lowest BCUT2D eigenvalue weighted by Crippen LogP contribution is -2.15. The Morgan fingerprint density at radius 2 is 1.91 bits per heavy atom. The van der Waals surface area contributed by atoms with Crippen molar-refractivity contribution >= 4 is 12.0 Å². The summed E-state index contributed by atoms with van der Waals surface area (Å²) in [5.41, 5.74) is 1.57. The minimum atomic E-state index is -4.17. The van der Waals surface area contributed by atoms with Crippen molar-refractivity contribution in [2.75, 3.05) is 6.61 Å². The predicted octanol–water partition coefficient (Wildman–Crippen LogP) is 4.12. The molecule has 0 saturated carbocycles. The van der Waals surface area contributed by atoms with Crippen LogP contribution >= 0.6 is 0 Å². The smallest absolute Gasteiger partial charge is 0.412 e. The van der Waals surface area contributed by atoms with Crippen LogP contribution in [0.25, 0.3) is 6.08 Å². The van der Waals surface area contributed by atoms with Crippen molar-refractivity contribution < 1.29 is 27.8 Å². The van der Waals surface area contributed by atoms with Gasteiger partial charge in [0.1, 0.15) is 6.61 Å². The first-order valence-corrected chi connectivity index (χ1v) is 6.94. The van der Waals surface area contributed by atoms with E-state index in [1.165, 1.54) is 18.4 Å². The minimum absolute atomic E-state index is 0.0977. The Labute approximate surface area is 131 Å². The van der Waals surface area contributed by atoms with Gasteiger partial charge >= 0.3 is 12.1 Å². The zero-order valence-corrected chi connectivity index (χ0v) is 12.1. The highest BCUT2D eigenvalue weighted by Crippen LogP contribution is 2.34. The van der Waals surface area contributed by atoms with Crippen molar-refractivity contribution in [2.45, 2.75) is 19.0 Å². The molecule has 0 atom stereocenters. The maximum Gasteiger partial charge on any atom is 0.412 e. The summed E-state index contributed by atoms with van der Waals surface area (Å²) in [6.45, 7) is 0.172. The number of carbonyl (C=O) groups is 1. The van der Waals surface area contributed by atoms with Gasteiger partial charge in [-0.3, -0.25) is 0 Å². The number of fused-ring (bicyclic) bond motifs is 1. The maximum absolute atomic E-state index is 12.4. The van der Waals surface area contributed by atoms with Gasteiger partial charge in [-0.05, 0) is 42.2 Å². The number of carboxylic acids is 1. The molecule has 23 heavy (non-hydrogen) atoms. The monoisotopic (exact) mass is 324 g/mol. The van der Waals surface area contributed by atoms with Crippen molar-refractivity contribution in [2.24, 2.45) is 0 Å². The second-order valence-electron chi connectivity index (χ2n) is 5.00. The molecule has 3 rings (SSSR count). The normalized spacial score (nSPS) is 16.1. The molecule has 0 saturated heterocycles. The SMILES string of the molecule is FC(F)(F)C1=Cc2ccccc2CC1.O=C(O)C1=CC=COC1. The first-order chi connectivity index (χ1) is 10.9. The van der Waals surface area contributed by atoms with E-state index in [2.05, 4.69) is 0 Å². The van der Waals surface area contributed by atoms with E-state index in [4.69, 9.17) is 9.84 Å². The van der Waals surface area contributed by atoms with Crippen LogP contribution < -0.4 is 0 Å². The predicted molar refractivity (Wildman–Crippen MR) is 79.6 cm³/mol. The first kappa shape index (κ1) is 16.9. The molecule has 6 heteroatoms. The molecule has 0 bridgehead atoms. The van der Waals surface area contributed by atoms with Crippen LogP contribution in [0.2, 0.25) is 0 Å². The molecule has 0 unspecified atom stereocenters. The van der Waals surface area contributed by atoms with E-state index in [0.717, 1.165) is 5.56 Å². The van der Waals surface area contributed by atoms with E-state index < -0.39 is 17.7 Å². The van der Waals surface area contributed by atoms with Gasteiger partial charge in [-0.25, -0.2) is 4.79 Å². The molecule has 3 nitrogen and oxygen atoms in total. The van der Waals surface area contributed by atoms with Crippen LogP contribution in [0.15, 0.2) is 53.8 Å². The number of ether oxygens (including phenoxy) is 1. The van der Waals surface area contributed by atoms with Crippen molar-refractivity contribution in [1.29, 1.82) is 0 Å². The molecule has 1 N–H and O–H groups in total. The molecule has 1 aromatic rings. The molecule has 2 aliphatic rings. The molecule has 1 aliphatic heterocycles. The van der Waals surface area contributed by atoms with E-state index in [-0.39, 0.29) is 18.6 Å². The summed E-state index contributed by atoms with van der Waals surface area (Å²) in [5.74, 6) is -0.917. The molecule has 0 amide bonds. The molecule has 1 aromatic carbocycles. The molecule has 0 radical (unpaired) electrons. The van der Waals surface area contributed by atoms with Crippen molar-refractivity contribution in [3.63, 3.8) is 0 Å². The fourth-order valence-electron chi connectivity index (χ4n) is 2.19. The van der Waals surface area contributed by atoms with Crippen LogP contribution in [-0.4, -0.2) is 23.9 Å². The second kappa shape index (κ2) is 7.17. The van der Waals surface area contributed by atoms with Gasteiger partial charge in [0.2, 0.25) is 0 Å². The summed E-state index contributed by atoms with van der Waals surface area (Å²) in [6.07, 6.45) is 2.21. The molecule has 1 aliphatic carbocycles. The van der Waals surface area contributed by atoms with Gasteiger partial charge in [0, 0.05) is 5.57 Å². The van der Waals surface area contributed by atoms with E-state index >= 15 is 0 Å². The maximum atomic E-state index is 12.4. The van der Waals surface area contributed by atoms with E-state index in [1.807, 2.05) is 12.1 Å². The molecular formula is C17H15F3O3. The molecule has 0 fully saturated rings. The average Bonchev–Trinajstić information content (AvgIpc) is 2.55. The highest BCUT2D eigenvalue weighted by molar-refractivity contribution is 5.87. The summed E-state index contributed by atoms with van der Waals surface area (Å²) in [7, 11) is 0. The topological polar surface area (TPSA) is 46.5 Å². The standard InChI is InChI=1S/C11H9F3.C6H6O3/c12-11(13,14)10-6-5-8-3-1-2-4-9(8)7-10;7-6(8)5-2-1-3-9-4-5/h1-4,7H,5-6H2;1-3H,4H2,(H,7,8). The lowest BCUT2D eigenvalue weighted by Gasteiger charge is -2.18. The number of hydrogen-bond donors (Lipinski definition) is 1. The average molecular weight is 324 g/mol. The van der Waals surface area contributed by atoms with Gasteiger partial charge in [0.15, 0.2) is 0 Å². The van der Waals surface area contributed by atoms with Crippen molar-refractivity contribution in [1.82, 2.24) is 0 Å². The Bertz CT molecular complexity index is 670. The van der Waals surface area contributed by atoms with Crippen LogP contribution in [-0.2, 0) is 16.0 Å². The Hall–Kier alpha value is -2.50. The number of aliphatic carboxylic acids is 1. The first-order valence-electron chi connectivity index (χ1n) is 6.94. The van der Waals surface area contributed by atoms with Crippen LogP contribution in [0.1, 0.15) is 17.5 Å². The molecule has 0 aromatic heterocycles. The van der Waals surface area contributed by atoms with Gasteiger partial charge in [-0.15, -0.1) is 0 Å². The number of alkyl halides is 3. The quantitative estimate of drug-likeness (QED) is 0.845. The lowest BCUT2D eigenvalue weighted by atomic mass is 9.92. The Morgan fingerprint density at radius 3 is 2.48 bits per heavy atom. The van der Waals surface area contributed by atoms with Gasteiger partial charge < -0.3 is 9.84 Å². The summed E-state index contributed by atoms with van der Waals surface area (Å²) < 4.78 is 41.8. The fraction of sp³-hybridized carbons (Fsp3) is 0.235. The summed E-state index contributed by atoms with van der Waals surface area (Å²) >= 11 is 0. The summed E-state index contributed by atoms with van der Waals surface area (Å²) in [4.78, 5) is 10.2. The molecular weight excluding hydrogens is 309 g/mol. The Balaban J connectivity index is 0.000000185. The van der Waals surface area contributed by atoms with Crippen LogP contribution in [0.3, 0.4) is 0 Å². The van der Waals surface area contributed by atoms with Crippen LogP contribution in [0, 0.1) is 0 Å². The number of carboxylic acid groups (broad SMARTS) is 1. The highest BCUT2D eigenvalue weighted by atomic mass is 19.4.